The van der Waals surface area contributed by atoms with Gasteiger partial charge in [-0.3, -0.25) is 24.2 Å². The van der Waals surface area contributed by atoms with Crippen LogP contribution in [-0.2, 0) is 4.79 Å². The molecule has 5 aliphatic rings. The van der Waals surface area contributed by atoms with Gasteiger partial charge in [0.2, 0.25) is 5.79 Å². The molecule has 7 rings (SSSR count). The van der Waals surface area contributed by atoms with E-state index in [0.717, 1.165) is 11.3 Å². The summed E-state index contributed by atoms with van der Waals surface area (Å²) in [6, 6.07) is 11.0. The number of anilines is 1. The van der Waals surface area contributed by atoms with E-state index in [4.69, 9.17) is 11.5 Å². The second-order valence-electron chi connectivity index (χ2n) is 11.7. The van der Waals surface area contributed by atoms with Crippen LogP contribution in [-0.4, -0.2) is 123 Å². The largest absolute Gasteiger partial charge is 0.370 e. The fourth-order valence-corrected chi connectivity index (χ4v) is 6.75. The molecule has 5 aliphatic heterocycles. The van der Waals surface area contributed by atoms with Gasteiger partial charge in [-0.15, -0.1) is 0 Å². The van der Waals surface area contributed by atoms with E-state index in [-0.39, 0.29) is 48.6 Å². The van der Waals surface area contributed by atoms with Crippen molar-refractivity contribution in [3.05, 3.63) is 65.7 Å². The molecular formula is C29H32N10O6. The Morgan fingerprint density at radius 2 is 1.69 bits per heavy atom. The lowest BCUT2D eigenvalue weighted by Gasteiger charge is -2.49. The van der Waals surface area contributed by atoms with E-state index in [2.05, 4.69) is 20.6 Å². The minimum Gasteiger partial charge on any atom is -0.370 e. The predicted octanol–water partition coefficient (Wildman–Crippen LogP) is -2.22. The SMILES string of the molecule is NC1=N[C@H]2[C@H](CN3C(=O)CN(c4ccccc4)C3=O)N=C(N)N3CC(NC(=O)c4ccccc4C(=O)N4CCC4)C(O)(O)[C@]23N1. The van der Waals surface area contributed by atoms with Crippen molar-refractivity contribution in [1.29, 1.82) is 0 Å². The molecule has 0 radical (unpaired) electrons. The summed E-state index contributed by atoms with van der Waals surface area (Å²) in [5, 5.41) is 29.1. The maximum absolute atomic E-state index is 13.6. The van der Waals surface area contributed by atoms with Crippen LogP contribution in [0.5, 0.6) is 0 Å². The summed E-state index contributed by atoms with van der Waals surface area (Å²) in [6.45, 7) is 0.537. The summed E-state index contributed by atoms with van der Waals surface area (Å²) in [5.41, 5.74) is 11.4. The second-order valence-corrected chi connectivity index (χ2v) is 11.7. The Hall–Kier alpha value is -5.22. The first-order valence-electron chi connectivity index (χ1n) is 14.6. The number of nitrogens with two attached hydrogens (primary N) is 2. The van der Waals surface area contributed by atoms with Gasteiger partial charge in [0.05, 0.1) is 23.7 Å². The number of hydrogen-bond acceptors (Lipinski definition) is 12. The van der Waals surface area contributed by atoms with Crippen molar-refractivity contribution < 1.29 is 29.4 Å². The number of aliphatic imine (C=N–C) groups is 2. The fraction of sp³-hybridized carbons (Fsp3) is 0.379. The van der Waals surface area contributed by atoms with Crippen molar-refractivity contribution in [2.24, 2.45) is 21.5 Å². The van der Waals surface area contributed by atoms with Crippen LogP contribution in [0.1, 0.15) is 27.1 Å². The third-order valence-corrected chi connectivity index (χ3v) is 9.15. The predicted molar refractivity (Wildman–Crippen MR) is 160 cm³/mol. The lowest BCUT2D eigenvalue weighted by atomic mass is 9.84. The fourth-order valence-electron chi connectivity index (χ4n) is 6.75. The van der Waals surface area contributed by atoms with Crippen molar-refractivity contribution in [1.82, 2.24) is 25.3 Å². The highest BCUT2D eigenvalue weighted by atomic mass is 16.5. The number of carbonyl (C=O) groups excluding carboxylic acids is 4. The van der Waals surface area contributed by atoms with Crippen LogP contribution in [0.2, 0.25) is 0 Å². The molecule has 2 aromatic rings. The summed E-state index contributed by atoms with van der Waals surface area (Å²) in [5.74, 6) is -4.48. The van der Waals surface area contributed by atoms with Crippen LogP contribution in [0.3, 0.4) is 0 Å². The Labute approximate surface area is 257 Å². The molecule has 16 nitrogen and oxygen atoms in total. The van der Waals surface area contributed by atoms with E-state index in [1.54, 1.807) is 53.4 Å². The smallest absolute Gasteiger partial charge is 0.331 e. The van der Waals surface area contributed by atoms with Gasteiger partial charge < -0.3 is 42.1 Å². The van der Waals surface area contributed by atoms with Crippen LogP contribution < -0.4 is 27.0 Å². The maximum Gasteiger partial charge on any atom is 0.331 e. The Kier molecular flexibility index (Phi) is 6.45. The molecule has 3 fully saturated rings. The van der Waals surface area contributed by atoms with Gasteiger partial charge in [0.15, 0.2) is 17.6 Å². The van der Waals surface area contributed by atoms with E-state index in [1.807, 2.05) is 0 Å². The molecule has 0 aliphatic carbocycles. The van der Waals surface area contributed by atoms with E-state index < -0.39 is 47.4 Å². The van der Waals surface area contributed by atoms with Gasteiger partial charge in [0.25, 0.3) is 17.7 Å². The van der Waals surface area contributed by atoms with E-state index in [1.165, 1.54) is 15.9 Å². The molecule has 3 saturated heterocycles. The van der Waals surface area contributed by atoms with Gasteiger partial charge in [-0.2, -0.15) is 0 Å². The summed E-state index contributed by atoms with van der Waals surface area (Å²) < 4.78 is 0. The Bertz CT molecular complexity index is 1660. The first kappa shape index (κ1) is 28.5. The number of imide groups is 1. The number of nitrogens with one attached hydrogen (secondary N) is 2. The third kappa shape index (κ3) is 4.20. The lowest BCUT2D eigenvalue weighted by molar-refractivity contribution is -0.230. The number of amides is 5. The Morgan fingerprint density at radius 1 is 1.00 bits per heavy atom. The standard InChI is InChI=1S/C29H32N10O6/c30-25-34-22-19(13-38-21(40)15-37(27(38)43)16-7-2-1-3-8-16)32-26(31)39-14-20(29(44,45)28(22,39)35-25)33-23(41)17-9-4-5-10-18(17)24(42)36-11-6-12-36/h1-5,7-10,19-20,22,44-45H,6,11-15H2,(H2,31,32)(H,33,41)(H3,30,34,35)/t19-,20?,22-,28-/m0/s1. The molecule has 1 spiro atoms. The van der Waals surface area contributed by atoms with Gasteiger partial charge in [0, 0.05) is 25.3 Å². The number of para-hydroxylation sites is 1. The van der Waals surface area contributed by atoms with Gasteiger partial charge in [-0.25, -0.2) is 14.8 Å². The molecule has 4 atom stereocenters. The number of carbonyl (C=O) groups is 4. The minimum atomic E-state index is -2.75. The van der Waals surface area contributed by atoms with Crippen LogP contribution in [0.25, 0.3) is 0 Å². The van der Waals surface area contributed by atoms with Crippen molar-refractivity contribution >= 4 is 41.4 Å². The molecule has 45 heavy (non-hydrogen) atoms. The Balaban J connectivity index is 1.15. The lowest BCUT2D eigenvalue weighted by Crippen LogP contribution is -2.78. The first-order valence-corrected chi connectivity index (χ1v) is 14.6. The zero-order valence-electron chi connectivity index (χ0n) is 24.0. The molecule has 0 saturated carbocycles. The molecule has 0 bridgehead atoms. The molecule has 234 valence electrons. The molecule has 16 heteroatoms. The summed E-state index contributed by atoms with van der Waals surface area (Å²) in [7, 11) is 0. The Morgan fingerprint density at radius 3 is 2.38 bits per heavy atom. The normalized spacial score (nSPS) is 28.2. The number of guanidine groups is 2. The topological polar surface area (TPSA) is 223 Å². The van der Waals surface area contributed by atoms with Crippen LogP contribution in [0.15, 0.2) is 64.6 Å². The number of hydrogen-bond donors (Lipinski definition) is 6. The number of rotatable bonds is 6. The summed E-state index contributed by atoms with van der Waals surface area (Å²) in [4.78, 5) is 67.1. The van der Waals surface area contributed by atoms with E-state index >= 15 is 0 Å². The summed E-state index contributed by atoms with van der Waals surface area (Å²) in [6.07, 6.45) is 0.881. The second kappa shape index (κ2) is 10.2. The quantitative estimate of drug-likeness (QED) is 0.151. The monoisotopic (exact) mass is 616 g/mol. The van der Waals surface area contributed by atoms with Crippen LogP contribution in [0.4, 0.5) is 10.5 Å². The molecular weight excluding hydrogens is 584 g/mol. The summed E-state index contributed by atoms with van der Waals surface area (Å²) >= 11 is 0. The molecule has 2 aromatic carbocycles. The number of likely N-dealkylation sites (tertiary alicyclic amines) is 1. The number of nitrogens with zero attached hydrogens (tertiary/aromatic N) is 6. The van der Waals surface area contributed by atoms with Crippen molar-refractivity contribution in [2.75, 3.05) is 37.6 Å². The molecule has 5 heterocycles. The maximum atomic E-state index is 13.6. The zero-order valence-corrected chi connectivity index (χ0v) is 24.0. The highest BCUT2D eigenvalue weighted by molar-refractivity contribution is 6.12. The number of benzene rings is 2. The van der Waals surface area contributed by atoms with Crippen molar-refractivity contribution in [3.63, 3.8) is 0 Å². The average molecular weight is 617 g/mol. The van der Waals surface area contributed by atoms with Gasteiger partial charge in [-0.1, -0.05) is 30.3 Å². The zero-order chi connectivity index (χ0) is 31.7. The number of urea groups is 1. The first-order chi connectivity index (χ1) is 21.5. The third-order valence-electron chi connectivity index (χ3n) is 9.15. The van der Waals surface area contributed by atoms with Gasteiger partial charge >= 0.3 is 6.03 Å². The van der Waals surface area contributed by atoms with Crippen LogP contribution >= 0.6 is 0 Å². The van der Waals surface area contributed by atoms with Gasteiger partial charge in [0.1, 0.15) is 18.6 Å². The van der Waals surface area contributed by atoms with Crippen molar-refractivity contribution in [3.8, 4) is 0 Å². The molecule has 0 aromatic heterocycles. The van der Waals surface area contributed by atoms with Crippen molar-refractivity contribution in [2.45, 2.75) is 36.0 Å². The molecule has 5 amide bonds. The average Bonchev–Trinajstić information content (AvgIpc) is 3.57. The molecule has 1 unspecified atom stereocenters. The minimum absolute atomic E-state index is 0.0767. The highest BCUT2D eigenvalue weighted by Gasteiger charge is 2.73. The van der Waals surface area contributed by atoms with Crippen LogP contribution in [0, 0.1) is 0 Å². The van der Waals surface area contributed by atoms with E-state index in [0.29, 0.717) is 18.8 Å². The highest BCUT2D eigenvalue weighted by Crippen LogP contribution is 2.45. The van der Waals surface area contributed by atoms with Gasteiger partial charge in [-0.05, 0) is 30.7 Å². The van der Waals surface area contributed by atoms with E-state index in [9.17, 15) is 29.4 Å². The molecule has 8 N–H and O–H groups in total. The number of aliphatic hydroxyl groups is 2.